The maximum absolute atomic E-state index is 14.1. The number of anilines is 3. The number of alkyl halides is 2. The number of aliphatic imine (C=N–C) groups is 1. The van der Waals surface area contributed by atoms with Crippen LogP contribution in [0.25, 0.3) is 0 Å². The van der Waals surface area contributed by atoms with Gasteiger partial charge in [0.05, 0.1) is 25.3 Å². The smallest absolute Gasteiger partial charge is 0.295 e. The van der Waals surface area contributed by atoms with Crippen LogP contribution in [0.3, 0.4) is 0 Å². The van der Waals surface area contributed by atoms with Gasteiger partial charge in [-0.1, -0.05) is 24.3 Å². The minimum absolute atomic E-state index is 0.0680. The number of hydrogen-bond donors (Lipinski definition) is 1. The third-order valence-electron chi connectivity index (χ3n) is 7.73. The third-order valence-corrected chi connectivity index (χ3v) is 7.73. The SMILES string of the molecule is C[C@H](Nc1nc(N2CCOCC2)cc(N2C(C(F)F)=NC3C=CC=CC32)n1)C(=O)N(C)CC1CCCN(C)C1. The molecule has 10 nitrogen and oxygen atoms in total. The molecule has 2 fully saturated rings. The fraction of sp³-hybridized carbons (Fsp3) is 0.630. The molecule has 0 aromatic carbocycles. The van der Waals surface area contributed by atoms with E-state index in [-0.39, 0.29) is 17.7 Å². The van der Waals surface area contributed by atoms with Crippen LogP contribution < -0.4 is 15.1 Å². The van der Waals surface area contributed by atoms with Crippen molar-refractivity contribution in [1.82, 2.24) is 19.8 Å². The normalized spacial score (nSPS) is 26.0. The number of carbonyl (C=O) groups is 1. The number of aromatic nitrogens is 2. The first-order valence-electron chi connectivity index (χ1n) is 13.7. The maximum atomic E-state index is 14.1. The van der Waals surface area contributed by atoms with E-state index in [1.165, 1.54) is 4.90 Å². The molecule has 1 amide bonds. The zero-order valence-electron chi connectivity index (χ0n) is 22.8. The number of ether oxygens (including phenoxy) is 1. The molecule has 0 saturated carbocycles. The Labute approximate surface area is 228 Å². The van der Waals surface area contributed by atoms with Crippen molar-refractivity contribution in [3.63, 3.8) is 0 Å². The highest BCUT2D eigenvalue weighted by Crippen LogP contribution is 2.32. The zero-order chi connectivity index (χ0) is 27.5. The molecule has 4 aliphatic rings. The molecule has 0 bridgehead atoms. The fourth-order valence-corrected chi connectivity index (χ4v) is 5.79. The number of fused-ring (bicyclic) bond motifs is 1. The van der Waals surface area contributed by atoms with Gasteiger partial charge in [0, 0.05) is 39.3 Å². The Morgan fingerprint density at radius 1 is 1.18 bits per heavy atom. The summed E-state index contributed by atoms with van der Waals surface area (Å²) in [5.74, 6) is 1.18. The molecule has 4 atom stereocenters. The van der Waals surface area contributed by atoms with Crippen molar-refractivity contribution in [2.75, 3.05) is 75.1 Å². The van der Waals surface area contributed by atoms with Gasteiger partial charge in [-0.3, -0.25) is 9.79 Å². The lowest BCUT2D eigenvalue weighted by Crippen LogP contribution is -2.45. The predicted octanol–water partition coefficient (Wildman–Crippen LogP) is 2.26. The van der Waals surface area contributed by atoms with Gasteiger partial charge in [0.25, 0.3) is 6.43 Å². The van der Waals surface area contributed by atoms with Crippen molar-refractivity contribution >= 4 is 29.3 Å². The molecule has 0 radical (unpaired) electrons. The van der Waals surface area contributed by atoms with Gasteiger partial charge in [0.15, 0.2) is 5.84 Å². The van der Waals surface area contributed by atoms with E-state index in [4.69, 9.17) is 9.72 Å². The summed E-state index contributed by atoms with van der Waals surface area (Å²) >= 11 is 0. The molecule has 3 unspecified atom stereocenters. The molecule has 1 N–H and O–H groups in total. The molecular weight excluding hydrogens is 506 g/mol. The summed E-state index contributed by atoms with van der Waals surface area (Å²) in [6, 6.07) is 0.306. The highest BCUT2D eigenvalue weighted by molar-refractivity contribution is 6.03. The van der Waals surface area contributed by atoms with E-state index in [0.29, 0.717) is 50.4 Å². The van der Waals surface area contributed by atoms with Gasteiger partial charge in [-0.25, -0.2) is 8.78 Å². The monoisotopic (exact) mass is 544 g/mol. The van der Waals surface area contributed by atoms with Gasteiger partial charge in [0.2, 0.25) is 11.9 Å². The topological polar surface area (TPSA) is 89.4 Å². The number of amidine groups is 1. The van der Waals surface area contributed by atoms with Crippen molar-refractivity contribution in [3.05, 3.63) is 30.4 Å². The second kappa shape index (κ2) is 12.0. The molecule has 3 aliphatic heterocycles. The number of piperidine rings is 1. The van der Waals surface area contributed by atoms with Gasteiger partial charge < -0.3 is 29.7 Å². The first kappa shape index (κ1) is 27.4. The van der Waals surface area contributed by atoms with Crippen molar-refractivity contribution < 1.29 is 18.3 Å². The fourth-order valence-electron chi connectivity index (χ4n) is 5.79. The second-order valence-corrected chi connectivity index (χ2v) is 10.8. The molecule has 1 aliphatic carbocycles. The van der Waals surface area contributed by atoms with Crippen molar-refractivity contribution in [2.45, 2.75) is 44.3 Å². The van der Waals surface area contributed by atoms with E-state index in [1.54, 1.807) is 17.9 Å². The first-order chi connectivity index (χ1) is 18.8. The maximum Gasteiger partial charge on any atom is 0.295 e. The van der Waals surface area contributed by atoms with Gasteiger partial charge >= 0.3 is 0 Å². The number of halogens is 2. The van der Waals surface area contributed by atoms with Crippen LogP contribution in [0, 0.1) is 5.92 Å². The molecule has 1 aromatic rings. The highest BCUT2D eigenvalue weighted by Gasteiger charge is 2.40. The van der Waals surface area contributed by atoms with E-state index in [1.807, 2.05) is 36.3 Å². The van der Waals surface area contributed by atoms with Crippen LogP contribution in [0.5, 0.6) is 0 Å². The Morgan fingerprint density at radius 3 is 2.67 bits per heavy atom. The Bertz CT molecular complexity index is 1120. The molecule has 0 spiro atoms. The van der Waals surface area contributed by atoms with E-state index in [9.17, 15) is 13.6 Å². The number of allylic oxidation sites excluding steroid dienone is 2. The molecule has 2 saturated heterocycles. The number of hydrogen-bond acceptors (Lipinski definition) is 9. The molecule has 39 heavy (non-hydrogen) atoms. The highest BCUT2D eigenvalue weighted by atomic mass is 19.3. The average molecular weight is 545 g/mol. The first-order valence-corrected chi connectivity index (χ1v) is 13.7. The van der Waals surface area contributed by atoms with Crippen LogP contribution in [0.4, 0.5) is 26.4 Å². The quantitative estimate of drug-likeness (QED) is 0.533. The summed E-state index contributed by atoms with van der Waals surface area (Å²) in [7, 11) is 3.94. The second-order valence-electron chi connectivity index (χ2n) is 10.8. The number of nitrogens with one attached hydrogen (secondary N) is 1. The van der Waals surface area contributed by atoms with Gasteiger partial charge in [0.1, 0.15) is 17.7 Å². The molecular formula is C27H38F2N8O2. The molecule has 5 rings (SSSR count). The number of morpholine rings is 1. The van der Waals surface area contributed by atoms with Crippen molar-refractivity contribution in [1.29, 1.82) is 0 Å². The number of rotatable bonds is 8. The van der Waals surface area contributed by atoms with Crippen LogP contribution >= 0.6 is 0 Å². The van der Waals surface area contributed by atoms with E-state index in [2.05, 4.69) is 27.2 Å². The van der Waals surface area contributed by atoms with Crippen LogP contribution in [0.1, 0.15) is 19.8 Å². The predicted molar refractivity (Wildman–Crippen MR) is 148 cm³/mol. The van der Waals surface area contributed by atoms with Gasteiger partial charge in [-0.05, 0) is 39.3 Å². The number of amides is 1. The van der Waals surface area contributed by atoms with Gasteiger partial charge in [-0.15, -0.1) is 0 Å². The number of likely N-dealkylation sites (tertiary alicyclic amines) is 1. The lowest BCUT2D eigenvalue weighted by atomic mass is 9.98. The van der Waals surface area contributed by atoms with Crippen LogP contribution in [-0.2, 0) is 9.53 Å². The van der Waals surface area contributed by atoms with E-state index < -0.39 is 24.6 Å². The van der Waals surface area contributed by atoms with Crippen LogP contribution in [-0.4, -0.2) is 116 Å². The molecule has 4 heterocycles. The summed E-state index contributed by atoms with van der Waals surface area (Å²) in [5, 5.41) is 3.16. The van der Waals surface area contributed by atoms with Crippen LogP contribution in [0.15, 0.2) is 35.4 Å². The third kappa shape index (κ3) is 6.22. The van der Waals surface area contributed by atoms with Crippen molar-refractivity contribution in [3.8, 4) is 0 Å². The summed E-state index contributed by atoms with van der Waals surface area (Å²) < 4.78 is 33.8. The van der Waals surface area contributed by atoms with E-state index >= 15 is 0 Å². The summed E-state index contributed by atoms with van der Waals surface area (Å²) in [5.41, 5.74) is 0. The Balaban J connectivity index is 1.39. The average Bonchev–Trinajstić information content (AvgIpc) is 3.33. The van der Waals surface area contributed by atoms with Crippen LogP contribution in [0.2, 0.25) is 0 Å². The minimum Gasteiger partial charge on any atom is -0.378 e. The van der Waals surface area contributed by atoms with Crippen molar-refractivity contribution in [2.24, 2.45) is 10.9 Å². The summed E-state index contributed by atoms with van der Waals surface area (Å²) in [4.78, 5) is 34.5. The molecule has 12 heteroatoms. The number of likely N-dealkylation sites (N-methyl/N-ethyl adjacent to an activating group) is 1. The summed E-state index contributed by atoms with van der Waals surface area (Å²) in [6.45, 7) is 6.86. The lowest BCUT2D eigenvalue weighted by Gasteiger charge is -2.33. The summed E-state index contributed by atoms with van der Waals surface area (Å²) in [6.07, 6.45) is 6.81. The standard InChI is InChI=1S/C27H38F2N8O2/c1-18(26(38)35(3)17-19-7-6-10-34(2)16-19)30-27-32-22(36-11-13-39-14-12-36)15-23(33-27)37-21-9-5-4-8-20(21)31-25(37)24(28)29/h4-5,8-9,15,18-21,24H,6-7,10-14,16-17H2,1-3H3,(H,30,32,33)/t18-,19?,20?,21?/m0/s1. The molecule has 212 valence electrons. The lowest BCUT2D eigenvalue weighted by molar-refractivity contribution is -0.131. The number of carbonyl (C=O) groups excluding carboxylic acids is 1. The number of nitrogens with zero attached hydrogens (tertiary/aromatic N) is 7. The Kier molecular flexibility index (Phi) is 8.41. The Morgan fingerprint density at radius 2 is 1.92 bits per heavy atom. The largest absolute Gasteiger partial charge is 0.378 e. The minimum atomic E-state index is -2.76. The zero-order valence-corrected chi connectivity index (χ0v) is 22.8. The van der Waals surface area contributed by atoms with E-state index in [0.717, 1.165) is 25.9 Å². The molecule has 1 aromatic heterocycles. The Hall–Kier alpha value is -3.12. The van der Waals surface area contributed by atoms with Gasteiger partial charge in [-0.2, -0.15) is 9.97 Å².